The molecule has 42 valence electrons. The second kappa shape index (κ2) is 17.2. The van der Waals surface area contributed by atoms with Gasteiger partial charge in [-0.2, -0.15) is 5.26 Å². The Kier molecular flexibility index (Phi) is 21.2. The van der Waals surface area contributed by atoms with Crippen LogP contribution in [0.2, 0.25) is 0 Å². The van der Waals surface area contributed by atoms with Gasteiger partial charge in [-0.05, 0) is 6.92 Å². The minimum atomic E-state index is 0.538. The van der Waals surface area contributed by atoms with Crippen LogP contribution in [0, 0.1) is 23.2 Å². The molecule has 8 heavy (non-hydrogen) atoms. The maximum atomic E-state index is 7.90. The maximum Gasteiger partial charge on any atom is 0.0663 e. The zero-order valence-electron chi connectivity index (χ0n) is 4.83. The molecule has 0 aromatic carbocycles. The first-order valence-corrected chi connectivity index (χ1v) is 2.15. The molecule has 0 N–H and O–H groups in total. The Morgan fingerprint density at radius 3 is 2.25 bits per heavy atom. The van der Waals surface area contributed by atoms with Crippen LogP contribution in [-0.4, -0.2) is 0 Å². The zero-order chi connectivity index (χ0) is 6.83. The highest BCUT2D eigenvalue weighted by molar-refractivity contribution is 4.87. The number of nitriles is 2. The maximum absolute atomic E-state index is 7.90. The Balaban J connectivity index is 0. The fourth-order valence-corrected chi connectivity index (χ4v) is 0.171. The molecule has 0 atom stereocenters. The van der Waals surface area contributed by atoms with E-state index in [1.54, 1.807) is 0 Å². The molecule has 0 saturated heterocycles. The van der Waals surface area contributed by atoms with E-state index < -0.39 is 0 Å². The van der Waals surface area contributed by atoms with Gasteiger partial charge in [0.1, 0.15) is 0 Å². The van der Waals surface area contributed by atoms with Gasteiger partial charge in [0.25, 0.3) is 0 Å². The molecule has 2 nitrogen and oxygen atoms in total. The average Bonchev–Trinajstić information content (AvgIpc) is 1.88. The first kappa shape index (κ1) is 9.87. The fourth-order valence-electron chi connectivity index (χ4n) is 0.171. The molecule has 2 heteroatoms. The van der Waals surface area contributed by atoms with E-state index in [-0.39, 0.29) is 0 Å². The van der Waals surface area contributed by atoms with E-state index in [9.17, 15) is 0 Å². The van der Waals surface area contributed by atoms with Crippen molar-refractivity contribution < 1.29 is 0 Å². The van der Waals surface area contributed by atoms with E-state index >= 15 is 0 Å². The van der Waals surface area contributed by atoms with Gasteiger partial charge in [0, 0.05) is 6.57 Å². The Hall–Kier alpha value is -1.28. The number of allylic oxidation sites excluding steroid dienone is 2. The van der Waals surface area contributed by atoms with Crippen LogP contribution in [0.3, 0.4) is 0 Å². The molecule has 0 aliphatic rings. The van der Waals surface area contributed by atoms with Crippen molar-refractivity contribution in [1.82, 2.24) is 0 Å². The van der Waals surface area contributed by atoms with E-state index in [0.29, 0.717) is 6.42 Å². The van der Waals surface area contributed by atoms with Crippen LogP contribution < -0.4 is 0 Å². The Labute approximate surface area is 49.7 Å². The summed E-state index contributed by atoms with van der Waals surface area (Å²) in [5, 5.41) is 14.4. The number of rotatable bonds is 1. The summed E-state index contributed by atoms with van der Waals surface area (Å²) in [5.41, 5.74) is 0. The lowest BCUT2D eigenvalue weighted by Gasteiger charge is -1.63. The third-order valence-corrected chi connectivity index (χ3v) is 0.445. The van der Waals surface area contributed by atoms with E-state index in [1.807, 2.05) is 25.1 Å². The van der Waals surface area contributed by atoms with Crippen molar-refractivity contribution in [2.75, 3.05) is 0 Å². The van der Waals surface area contributed by atoms with Gasteiger partial charge in [-0.3, -0.25) is 0 Å². The van der Waals surface area contributed by atoms with Gasteiger partial charge in [-0.15, -0.1) is 0 Å². The summed E-state index contributed by atoms with van der Waals surface area (Å²) in [6.45, 7) is 5.40. The highest BCUT2D eigenvalue weighted by atomic mass is 14.2. The van der Waals surface area contributed by atoms with Crippen molar-refractivity contribution in [3.8, 4) is 12.6 Å². The third kappa shape index (κ3) is 22.1. The van der Waals surface area contributed by atoms with Crippen molar-refractivity contribution >= 4 is 0 Å². The largest absolute Gasteiger partial charge is 0.202 e. The minimum Gasteiger partial charge on any atom is -0.202 e. The van der Waals surface area contributed by atoms with Gasteiger partial charge in [0.2, 0.25) is 0 Å². The summed E-state index contributed by atoms with van der Waals surface area (Å²) in [4.78, 5) is 0. The molecule has 0 heterocycles. The highest BCUT2D eigenvalue weighted by Crippen LogP contribution is 1.74. The molecule has 0 unspecified atom stereocenters. The molecule has 0 fully saturated rings. The second-order valence-electron chi connectivity index (χ2n) is 0.931. The SMILES string of the molecule is C#N.C/C=C/CC#N. The standard InChI is InChI=1S/C5H7N.CHN/c1-2-3-4-5-6;1-2/h2-3H,4H2,1H3;1H/b3-2+;. The number of hydrogen-bond donors (Lipinski definition) is 0. The van der Waals surface area contributed by atoms with E-state index in [2.05, 4.69) is 6.57 Å². The summed E-state index contributed by atoms with van der Waals surface area (Å²) < 4.78 is 0. The van der Waals surface area contributed by atoms with Gasteiger partial charge < -0.3 is 0 Å². The van der Waals surface area contributed by atoms with Crippen molar-refractivity contribution in [2.24, 2.45) is 0 Å². The average molecular weight is 108 g/mol. The van der Waals surface area contributed by atoms with Crippen LogP contribution in [0.25, 0.3) is 0 Å². The minimum absolute atomic E-state index is 0.538. The molecule has 0 saturated carbocycles. The molecule has 0 aromatic heterocycles. The van der Waals surface area contributed by atoms with Crippen LogP contribution in [0.5, 0.6) is 0 Å². The monoisotopic (exact) mass is 108 g/mol. The van der Waals surface area contributed by atoms with Gasteiger partial charge >= 0.3 is 0 Å². The molecule has 0 spiro atoms. The van der Waals surface area contributed by atoms with Crippen molar-refractivity contribution in [2.45, 2.75) is 13.3 Å². The van der Waals surface area contributed by atoms with E-state index in [4.69, 9.17) is 10.5 Å². The topological polar surface area (TPSA) is 47.6 Å². The lowest BCUT2D eigenvalue weighted by Crippen LogP contribution is -1.49. The van der Waals surface area contributed by atoms with E-state index in [0.717, 1.165) is 0 Å². The molecule has 0 rings (SSSR count). The van der Waals surface area contributed by atoms with Crippen LogP contribution in [0.15, 0.2) is 12.2 Å². The first-order chi connectivity index (χ1) is 3.91. The van der Waals surface area contributed by atoms with Crippen LogP contribution >= 0.6 is 0 Å². The second-order valence-corrected chi connectivity index (χ2v) is 0.931. The molecular weight excluding hydrogens is 100 g/mol. The lowest BCUT2D eigenvalue weighted by atomic mass is 10.4. The molecule has 0 amide bonds. The van der Waals surface area contributed by atoms with Crippen molar-refractivity contribution in [3.05, 3.63) is 12.2 Å². The predicted octanol–water partition coefficient (Wildman–Crippen LogP) is 1.62. The van der Waals surface area contributed by atoms with Gasteiger partial charge in [-0.25, -0.2) is 5.26 Å². The Morgan fingerprint density at radius 2 is 2.12 bits per heavy atom. The lowest BCUT2D eigenvalue weighted by molar-refractivity contribution is 1.34. The molecular formula is C6H8N2. The smallest absolute Gasteiger partial charge is 0.0663 e. The molecule has 0 bridgehead atoms. The van der Waals surface area contributed by atoms with Crippen molar-refractivity contribution in [1.29, 1.82) is 10.5 Å². The van der Waals surface area contributed by atoms with Gasteiger partial charge in [0.05, 0.1) is 12.5 Å². The molecule has 0 radical (unpaired) electrons. The Bertz CT molecular complexity index is 105. The summed E-state index contributed by atoms with van der Waals surface area (Å²) in [6, 6.07) is 1.98. The molecule has 0 aliphatic heterocycles. The van der Waals surface area contributed by atoms with Gasteiger partial charge in [0.15, 0.2) is 0 Å². The van der Waals surface area contributed by atoms with Crippen LogP contribution in [-0.2, 0) is 0 Å². The summed E-state index contributed by atoms with van der Waals surface area (Å²) in [6.07, 6.45) is 4.22. The quantitative estimate of drug-likeness (QED) is 0.479. The van der Waals surface area contributed by atoms with Crippen molar-refractivity contribution in [3.63, 3.8) is 0 Å². The first-order valence-electron chi connectivity index (χ1n) is 2.15. The Morgan fingerprint density at radius 1 is 1.62 bits per heavy atom. The van der Waals surface area contributed by atoms with Gasteiger partial charge in [-0.1, -0.05) is 12.2 Å². The third-order valence-electron chi connectivity index (χ3n) is 0.445. The van der Waals surface area contributed by atoms with Crippen LogP contribution in [0.1, 0.15) is 13.3 Å². The van der Waals surface area contributed by atoms with Crippen LogP contribution in [0.4, 0.5) is 0 Å². The number of hydrogen-bond acceptors (Lipinski definition) is 2. The van der Waals surface area contributed by atoms with E-state index in [1.165, 1.54) is 0 Å². The summed E-state index contributed by atoms with van der Waals surface area (Å²) in [7, 11) is 0. The fraction of sp³-hybridized carbons (Fsp3) is 0.333. The molecule has 0 aromatic rings. The zero-order valence-corrected chi connectivity index (χ0v) is 4.83. The number of nitrogens with zero attached hydrogens (tertiary/aromatic N) is 2. The summed E-state index contributed by atoms with van der Waals surface area (Å²) >= 11 is 0. The normalized spacial score (nSPS) is 6.75. The molecule has 0 aliphatic carbocycles. The highest BCUT2D eigenvalue weighted by Gasteiger charge is 1.61. The predicted molar refractivity (Wildman–Crippen MR) is 31.7 cm³/mol. The summed E-state index contributed by atoms with van der Waals surface area (Å²) in [5.74, 6) is 0.